The number of para-hydroxylation sites is 1. The first-order valence-electron chi connectivity index (χ1n) is 12.2. The Hall–Kier alpha value is -3.86. The average molecular weight is 469 g/mol. The van der Waals surface area contributed by atoms with Gasteiger partial charge in [0.05, 0.1) is 0 Å². The standard InChI is InChI=1S/C30H32N2O3/c1-21(2)16-22-8-6-11-25(18-22)31-19-23-9-5-10-24(17-23)30(35)27-20-32(15-7-14-29(33)34)28-13-4-3-12-26(27)28/h3-6,8-13,17-18,20-21,31H,7,14-16,19H2,1-2H3,(H,33,34). The zero-order valence-corrected chi connectivity index (χ0v) is 20.3. The van der Waals surface area contributed by atoms with Gasteiger partial charge in [0.1, 0.15) is 0 Å². The van der Waals surface area contributed by atoms with Crippen molar-refractivity contribution in [3.05, 3.63) is 101 Å². The number of aryl methyl sites for hydroxylation is 1. The SMILES string of the molecule is CC(C)Cc1cccc(NCc2cccc(C(=O)c3cn(CCCC(=O)O)c4ccccc34)c2)c1. The van der Waals surface area contributed by atoms with Gasteiger partial charge in [-0.1, -0.05) is 62.4 Å². The molecule has 0 saturated carbocycles. The Morgan fingerprint density at radius 2 is 1.71 bits per heavy atom. The number of ketones is 1. The second-order valence-corrected chi connectivity index (χ2v) is 9.43. The third kappa shape index (κ3) is 6.18. The first kappa shape index (κ1) is 24.3. The Balaban J connectivity index is 1.52. The maximum Gasteiger partial charge on any atom is 0.303 e. The van der Waals surface area contributed by atoms with Crippen LogP contribution in [0.15, 0.2) is 79.0 Å². The number of rotatable bonds is 11. The van der Waals surface area contributed by atoms with E-state index in [9.17, 15) is 9.59 Å². The minimum Gasteiger partial charge on any atom is -0.481 e. The normalized spacial score (nSPS) is 11.2. The van der Waals surface area contributed by atoms with E-state index in [-0.39, 0.29) is 12.2 Å². The predicted molar refractivity (Wildman–Crippen MR) is 141 cm³/mol. The van der Waals surface area contributed by atoms with Gasteiger partial charge in [-0.3, -0.25) is 9.59 Å². The summed E-state index contributed by atoms with van der Waals surface area (Å²) in [6.07, 6.45) is 3.52. The number of fused-ring (bicyclic) bond motifs is 1. The summed E-state index contributed by atoms with van der Waals surface area (Å²) in [7, 11) is 0. The van der Waals surface area contributed by atoms with Crippen LogP contribution in [0.4, 0.5) is 5.69 Å². The molecule has 4 aromatic rings. The maximum atomic E-state index is 13.5. The number of hydrogen-bond donors (Lipinski definition) is 2. The summed E-state index contributed by atoms with van der Waals surface area (Å²) in [6.45, 7) is 5.62. The largest absolute Gasteiger partial charge is 0.481 e. The molecule has 0 bridgehead atoms. The van der Waals surface area contributed by atoms with Crippen molar-refractivity contribution in [1.29, 1.82) is 0 Å². The van der Waals surface area contributed by atoms with Crippen molar-refractivity contribution in [3.8, 4) is 0 Å². The van der Waals surface area contributed by atoms with Crippen LogP contribution in [0.25, 0.3) is 10.9 Å². The quantitative estimate of drug-likeness (QED) is 0.245. The van der Waals surface area contributed by atoms with Gasteiger partial charge in [-0.05, 0) is 54.2 Å². The van der Waals surface area contributed by atoms with Gasteiger partial charge >= 0.3 is 5.97 Å². The lowest BCUT2D eigenvalue weighted by Gasteiger charge is -2.11. The van der Waals surface area contributed by atoms with Crippen LogP contribution in [0.1, 0.15) is 53.7 Å². The van der Waals surface area contributed by atoms with E-state index in [4.69, 9.17) is 5.11 Å². The van der Waals surface area contributed by atoms with Crippen LogP contribution in [0, 0.1) is 5.92 Å². The molecule has 4 rings (SSSR count). The highest BCUT2D eigenvalue weighted by molar-refractivity contribution is 6.16. The monoisotopic (exact) mass is 468 g/mol. The molecule has 5 heteroatoms. The van der Waals surface area contributed by atoms with Crippen molar-refractivity contribution >= 4 is 28.3 Å². The Morgan fingerprint density at radius 1 is 0.943 bits per heavy atom. The molecule has 180 valence electrons. The lowest BCUT2D eigenvalue weighted by Crippen LogP contribution is -2.05. The summed E-state index contributed by atoms with van der Waals surface area (Å²) in [5.74, 6) is -0.232. The van der Waals surface area contributed by atoms with Crippen molar-refractivity contribution in [3.63, 3.8) is 0 Å². The molecule has 1 heterocycles. The number of carbonyl (C=O) groups excluding carboxylic acids is 1. The number of benzene rings is 3. The van der Waals surface area contributed by atoms with E-state index >= 15 is 0 Å². The molecular formula is C30H32N2O3. The fraction of sp³-hybridized carbons (Fsp3) is 0.267. The molecule has 2 N–H and O–H groups in total. The zero-order valence-electron chi connectivity index (χ0n) is 20.3. The highest BCUT2D eigenvalue weighted by Gasteiger charge is 2.17. The maximum absolute atomic E-state index is 13.5. The van der Waals surface area contributed by atoms with Crippen molar-refractivity contribution in [2.24, 2.45) is 5.92 Å². The van der Waals surface area contributed by atoms with Crippen LogP contribution in [0.3, 0.4) is 0 Å². The second-order valence-electron chi connectivity index (χ2n) is 9.43. The summed E-state index contributed by atoms with van der Waals surface area (Å²) in [4.78, 5) is 24.4. The Morgan fingerprint density at radius 3 is 2.51 bits per heavy atom. The van der Waals surface area contributed by atoms with Crippen LogP contribution >= 0.6 is 0 Å². The fourth-order valence-corrected chi connectivity index (χ4v) is 4.48. The van der Waals surface area contributed by atoms with Crippen LogP contribution in [-0.2, 0) is 24.3 Å². The molecular weight excluding hydrogens is 436 g/mol. The molecule has 0 unspecified atom stereocenters. The molecule has 0 saturated heterocycles. The number of hydrogen-bond acceptors (Lipinski definition) is 3. The lowest BCUT2D eigenvalue weighted by atomic mass is 10.0. The number of aliphatic carboxylic acids is 1. The molecule has 0 aliphatic rings. The summed E-state index contributed by atoms with van der Waals surface area (Å²) >= 11 is 0. The predicted octanol–water partition coefficient (Wildman–Crippen LogP) is 6.55. The smallest absolute Gasteiger partial charge is 0.303 e. The highest BCUT2D eigenvalue weighted by Crippen LogP contribution is 2.25. The molecule has 1 aromatic heterocycles. The number of anilines is 1. The molecule has 35 heavy (non-hydrogen) atoms. The average Bonchev–Trinajstić information content (AvgIpc) is 3.21. The molecule has 0 spiro atoms. The number of carbonyl (C=O) groups is 2. The molecule has 0 aliphatic carbocycles. The number of nitrogens with one attached hydrogen (secondary N) is 1. The summed E-state index contributed by atoms with van der Waals surface area (Å²) < 4.78 is 1.99. The Labute approximate surface area is 206 Å². The first-order valence-corrected chi connectivity index (χ1v) is 12.2. The minimum absolute atomic E-state index is 0.0287. The van der Waals surface area contributed by atoms with E-state index in [0.29, 0.717) is 36.6 Å². The second kappa shape index (κ2) is 11.0. The Kier molecular flexibility index (Phi) is 7.66. The topological polar surface area (TPSA) is 71.3 Å². The van der Waals surface area contributed by atoms with Gasteiger partial charge in [-0.15, -0.1) is 0 Å². The molecule has 3 aromatic carbocycles. The van der Waals surface area contributed by atoms with Crippen LogP contribution in [-0.4, -0.2) is 21.4 Å². The molecule has 0 aliphatic heterocycles. The van der Waals surface area contributed by atoms with E-state index in [0.717, 1.165) is 28.6 Å². The zero-order chi connectivity index (χ0) is 24.8. The molecule has 5 nitrogen and oxygen atoms in total. The lowest BCUT2D eigenvalue weighted by molar-refractivity contribution is -0.137. The summed E-state index contributed by atoms with van der Waals surface area (Å²) in [5.41, 5.74) is 5.65. The van der Waals surface area contributed by atoms with Gasteiger partial charge in [0.2, 0.25) is 0 Å². The Bertz CT molecular complexity index is 1340. The van der Waals surface area contributed by atoms with Crippen LogP contribution < -0.4 is 5.32 Å². The molecule has 0 radical (unpaired) electrons. The van der Waals surface area contributed by atoms with Crippen LogP contribution in [0.5, 0.6) is 0 Å². The van der Waals surface area contributed by atoms with Crippen molar-refractivity contribution in [2.75, 3.05) is 5.32 Å². The summed E-state index contributed by atoms with van der Waals surface area (Å²) in [6, 6.07) is 24.0. The van der Waals surface area contributed by atoms with Gasteiger partial charge in [0.15, 0.2) is 5.78 Å². The van der Waals surface area contributed by atoms with Crippen molar-refractivity contribution in [2.45, 2.75) is 46.2 Å². The number of carboxylic acid groups (broad SMARTS) is 1. The van der Waals surface area contributed by atoms with Gasteiger partial charge in [0.25, 0.3) is 0 Å². The summed E-state index contributed by atoms with van der Waals surface area (Å²) in [5, 5.41) is 13.3. The first-order chi connectivity index (χ1) is 16.9. The number of carboxylic acids is 1. The van der Waals surface area contributed by atoms with Crippen LogP contribution in [0.2, 0.25) is 0 Å². The molecule has 0 fully saturated rings. The molecule has 0 amide bonds. The molecule has 0 atom stereocenters. The minimum atomic E-state index is -0.810. The fourth-order valence-electron chi connectivity index (χ4n) is 4.48. The van der Waals surface area contributed by atoms with E-state index in [1.807, 2.05) is 59.3 Å². The highest BCUT2D eigenvalue weighted by atomic mass is 16.4. The van der Waals surface area contributed by atoms with Gasteiger partial charge in [-0.25, -0.2) is 0 Å². The van der Waals surface area contributed by atoms with E-state index in [1.165, 1.54) is 5.56 Å². The van der Waals surface area contributed by atoms with Gasteiger partial charge < -0.3 is 15.0 Å². The van der Waals surface area contributed by atoms with E-state index in [2.05, 4.69) is 43.4 Å². The third-order valence-electron chi connectivity index (χ3n) is 6.08. The van der Waals surface area contributed by atoms with E-state index in [1.54, 1.807) is 0 Å². The van der Waals surface area contributed by atoms with Crippen molar-refractivity contribution < 1.29 is 14.7 Å². The van der Waals surface area contributed by atoms with E-state index < -0.39 is 5.97 Å². The third-order valence-corrected chi connectivity index (χ3v) is 6.08. The van der Waals surface area contributed by atoms with Gasteiger partial charge in [-0.2, -0.15) is 0 Å². The van der Waals surface area contributed by atoms with Gasteiger partial charge in [0, 0.05) is 53.4 Å². The number of nitrogens with zero attached hydrogens (tertiary/aromatic N) is 1. The number of aromatic nitrogens is 1. The van der Waals surface area contributed by atoms with Crippen molar-refractivity contribution in [1.82, 2.24) is 4.57 Å².